The van der Waals surface area contributed by atoms with Gasteiger partial charge in [0.15, 0.2) is 0 Å². The summed E-state index contributed by atoms with van der Waals surface area (Å²) in [6.07, 6.45) is 5.24. The van der Waals surface area contributed by atoms with Crippen molar-refractivity contribution >= 4 is 5.91 Å². The molecule has 0 bridgehead atoms. The molecule has 0 unspecified atom stereocenters. The van der Waals surface area contributed by atoms with Crippen LogP contribution in [0.3, 0.4) is 0 Å². The van der Waals surface area contributed by atoms with Gasteiger partial charge in [-0.05, 0) is 12.8 Å². The molecular weight excluding hydrogens is 190 g/mol. The summed E-state index contributed by atoms with van der Waals surface area (Å²) in [5, 5.41) is 12.5. The third-order valence-corrected chi connectivity index (χ3v) is 3.17. The van der Waals surface area contributed by atoms with Crippen molar-refractivity contribution in [2.24, 2.45) is 5.41 Å². The number of carbonyl (C=O) groups excluding carboxylic acids is 1. The van der Waals surface area contributed by atoms with E-state index in [0.717, 1.165) is 25.7 Å². The Morgan fingerprint density at radius 3 is 2.20 bits per heavy atom. The third-order valence-electron chi connectivity index (χ3n) is 3.17. The molecule has 0 spiro atoms. The zero-order chi connectivity index (χ0) is 11.5. The van der Waals surface area contributed by atoms with Gasteiger partial charge in [-0.1, -0.05) is 40.0 Å². The minimum atomic E-state index is -0.375. The van der Waals surface area contributed by atoms with Gasteiger partial charge in [0.2, 0.25) is 5.91 Å². The van der Waals surface area contributed by atoms with Crippen LogP contribution in [-0.2, 0) is 4.79 Å². The molecule has 88 valence electrons. The SMILES string of the molecule is CC(C)(C)C(=O)NC1(CO)CCCCC1. The minimum Gasteiger partial charge on any atom is -0.394 e. The fourth-order valence-corrected chi connectivity index (χ4v) is 1.98. The van der Waals surface area contributed by atoms with Gasteiger partial charge in [0.1, 0.15) is 0 Å². The van der Waals surface area contributed by atoms with Crippen molar-refractivity contribution in [3.05, 3.63) is 0 Å². The van der Waals surface area contributed by atoms with E-state index in [0.29, 0.717) is 0 Å². The second-order valence-electron chi connectivity index (χ2n) is 5.70. The van der Waals surface area contributed by atoms with Crippen LogP contribution in [0.2, 0.25) is 0 Å². The van der Waals surface area contributed by atoms with E-state index in [1.54, 1.807) is 0 Å². The van der Waals surface area contributed by atoms with Gasteiger partial charge in [-0.15, -0.1) is 0 Å². The quantitative estimate of drug-likeness (QED) is 0.735. The Bertz CT molecular complexity index is 224. The van der Waals surface area contributed by atoms with E-state index in [1.807, 2.05) is 20.8 Å². The summed E-state index contributed by atoms with van der Waals surface area (Å²) in [6, 6.07) is 0. The number of aliphatic hydroxyl groups excluding tert-OH is 1. The topological polar surface area (TPSA) is 49.3 Å². The molecule has 2 N–H and O–H groups in total. The van der Waals surface area contributed by atoms with Crippen molar-refractivity contribution in [2.45, 2.75) is 58.4 Å². The summed E-state index contributed by atoms with van der Waals surface area (Å²) in [5.74, 6) is 0.0402. The van der Waals surface area contributed by atoms with E-state index in [4.69, 9.17) is 0 Å². The molecule has 0 saturated heterocycles. The van der Waals surface area contributed by atoms with Gasteiger partial charge in [-0.2, -0.15) is 0 Å². The van der Waals surface area contributed by atoms with Crippen LogP contribution in [0, 0.1) is 5.41 Å². The van der Waals surface area contributed by atoms with E-state index >= 15 is 0 Å². The van der Waals surface area contributed by atoms with Crippen LogP contribution in [0.25, 0.3) is 0 Å². The highest BCUT2D eigenvalue weighted by molar-refractivity contribution is 5.82. The monoisotopic (exact) mass is 213 g/mol. The number of rotatable bonds is 2. The largest absolute Gasteiger partial charge is 0.394 e. The van der Waals surface area contributed by atoms with Crippen LogP contribution in [0.4, 0.5) is 0 Å². The maximum Gasteiger partial charge on any atom is 0.225 e. The smallest absolute Gasteiger partial charge is 0.225 e. The van der Waals surface area contributed by atoms with Crippen molar-refractivity contribution in [3.8, 4) is 0 Å². The molecule has 15 heavy (non-hydrogen) atoms. The van der Waals surface area contributed by atoms with Gasteiger partial charge in [0.05, 0.1) is 12.1 Å². The van der Waals surface area contributed by atoms with Crippen molar-refractivity contribution in [2.75, 3.05) is 6.61 Å². The van der Waals surface area contributed by atoms with Gasteiger partial charge in [-0.3, -0.25) is 4.79 Å². The first-order chi connectivity index (χ1) is 6.90. The first kappa shape index (κ1) is 12.5. The predicted octanol–water partition coefficient (Wildman–Crippen LogP) is 1.84. The average Bonchev–Trinajstić information content (AvgIpc) is 2.18. The molecule has 0 atom stereocenters. The summed E-state index contributed by atoms with van der Waals surface area (Å²) >= 11 is 0. The van der Waals surface area contributed by atoms with E-state index in [-0.39, 0.29) is 23.5 Å². The highest BCUT2D eigenvalue weighted by Gasteiger charge is 2.35. The molecule has 1 rings (SSSR count). The Morgan fingerprint density at radius 1 is 1.27 bits per heavy atom. The van der Waals surface area contributed by atoms with Crippen LogP contribution in [-0.4, -0.2) is 23.2 Å². The lowest BCUT2D eigenvalue weighted by Crippen LogP contribution is -2.55. The van der Waals surface area contributed by atoms with Gasteiger partial charge in [0.25, 0.3) is 0 Å². The van der Waals surface area contributed by atoms with Gasteiger partial charge >= 0.3 is 0 Å². The number of aliphatic hydroxyl groups is 1. The predicted molar refractivity (Wildman–Crippen MR) is 60.5 cm³/mol. The lowest BCUT2D eigenvalue weighted by atomic mass is 9.81. The summed E-state index contributed by atoms with van der Waals surface area (Å²) in [6.45, 7) is 5.76. The first-order valence-electron chi connectivity index (χ1n) is 5.83. The molecule has 1 aliphatic rings. The normalized spacial score (nSPS) is 21.1. The van der Waals surface area contributed by atoms with Crippen LogP contribution >= 0.6 is 0 Å². The molecule has 3 nitrogen and oxygen atoms in total. The highest BCUT2D eigenvalue weighted by Crippen LogP contribution is 2.29. The number of nitrogens with one attached hydrogen (secondary N) is 1. The number of hydrogen-bond acceptors (Lipinski definition) is 2. The van der Waals surface area contributed by atoms with Crippen molar-refractivity contribution < 1.29 is 9.90 Å². The Balaban J connectivity index is 2.63. The lowest BCUT2D eigenvalue weighted by molar-refractivity contribution is -0.131. The second kappa shape index (κ2) is 4.52. The summed E-state index contributed by atoms with van der Waals surface area (Å²) in [5.41, 5.74) is -0.720. The Morgan fingerprint density at radius 2 is 1.80 bits per heavy atom. The summed E-state index contributed by atoms with van der Waals surface area (Å²) in [4.78, 5) is 11.9. The lowest BCUT2D eigenvalue weighted by Gasteiger charge is -2.38. The molecule has 1 aliphatic carbocycles. The van der Waals surface area contributed by atoms with E-state index < -0.39 is 0 Å². The zero-order valence-corrected chi connectivity index (χ0v) is 10.1. The molecule has 0 aromatic rings. The Labute approximate surface area is 92.3 Å². The molecular formula is C12H23NO2. The Hall–Kier alpha value is -0.570. The third kappa shape index (κ3) is 3.20. The van der Waals surface area contributed by atoms with Crippen LogP contribution < -0.4 is 5.32 Å². The molecule has 0 heterocycles. The average molecular weight is 213 g/mol. The second-order valence-corrected chi connectivity index (χ2v) is 5.70. The summed E-state index contributed by atoms with van der Waals surface area (Å²) < 4.78 is 0. The van der Waals surface area contributed by atoms with E-state index in [1.165, 1.54) is 6.42 Å². The number of hydrogen-bond donors (Lipinski definition) is 2. The van der Waals surface area contributed by atoms with Crippen molar-refractivity contribution in [3.63, 3.8) is 0 Å². The number of carbonyl (C=O) groups is 1. The fraction of sp³-hybridized carbons (Fsp3) is 0.917. The molecule has 0 radical (unpaired) electrons. The van der Waals surface area contributed by atoms with E-state index in [2.05, 4.69) is 5.32 Å². The van der Waals surface area contributed by atoms with Gasteiger partial charge < -0.3 is 10.4 Å². The van der Waals surface area contributed by atoms with Crippen LogP contribution in [0.1, 0.15) is 52.9 Å². The molecule has 0 aromatic carbocycles. The van der Waals surface area contributed by atoms with Gasteiger partial charge in [0, 0.05) is 5.41 Å². The van der Waals surface area contributed by atoms with Crippen molar-refractivity contribution in [1.29, 1.82) is 0 Å². The van der Waals surface area contributed by atoms with Crippen molar-refractivity contribution in [1.82, 2.24) is 5.32 Å². The van der Waals surface area contributed by atoms with Crippen LogP contribution in [0.15, 0.2) is 0 Å². The maximum absolute atomic E-state index is 11.9. The van der Waals surface area contributed by atoms with Crippen LogP contribution in [0.5, 0.6) is 0 Å². The zero-order valence-electron chi connectivity index (χ0n) is 10.1. The highest BCUT2D eigenvalue weighted by atomic mass is 16.3. The molecule has 3 heteroatoms. The number of amides is 1. The standard InChI is InChI=1S/C12H23NO2/c1-11(2,3)10(15)13-12(9-14)7-5-4-6-8-12/h14H,4-9H2,1-3H3,(H,13,15). The Kier molecular flexibility index (Phi) is 3.77. The molecule has 1 fully saturated rings. The van der Waals surface area contributed by atoms with Gasteiger partial charge in [-0.25, -0.2) is 0 Å². The fourth-order valence-electron chi connectivity index (χ4n) is 1.98. The van der Waals surface area contributed by atoms with E-state index in [9.17, 15) is 9.90 Å². The maximum atomic E-state index is 11.9. The molecule has 1 amide bonds. The molecule has 0 aliphatic heterocycles. The molecule has 0 aromatic heterocycles. The molecule has 1 saturated carbocycles. The first-order valence-corrected chi connectivity index (χ1v) is 5.83. The minimum absolute atomic E-state index is 0.0402. The summed E-state index contributed by atoms with van der Waals surface area (Å²) in [7, 11) is 0.